The zero-order valence-corrected chi connectivity index (χ0v) is 9.33. The summed E-state index contributed by atoms with van der Waals surface area (Å²) in [6.07, 6.45) is 0. The van der Waals surface area contributed by atoms with Crippen molar-refractivity contribution in [3.05, 3.63) is 54.1 Å². The third-order valence-corrected chi connectivity index (χ3v) is 2.77. The molecular formula is C14H9NO3. The molecule has 4 heteroatoms. The molecule has 1 aromatic heterocycles. The number of carbonyl (C=O) groups is 1. The monoisotopic (exact) mass is 239 g/mol. The van der Waals surface area contributed by atoms with Crippen LogP contribution in [0.15, 0.2) is 53.1 Å². The number of benzene rings is 2. The number of hydrogen-bond acceptors (Lipinski definition) is 3. The van der Waals surface area contributed by atoms with Crippen molar-refractivity contribution in [3.63, 3.8) is 0 Å². The Kier molecular flexibility index (Phi) is 2.34. The van der Waals surface area contributed by atoms with E-state index in [2.05, 4.69) is 5.16 Å². The number of rotatable bonds is 2. The maximum Gasteiger partial charge on any atom is 0.335 e. The molecular weight excluding hydrogens is 230 g/mol. The van der Waals surface area contributed by atoms with Gasteiger partial charge in [-0.1, -0.05) is 35.5 Å². The third kappa shape index (κ3) is 1.64. The van der Waals surface area contributed by atoms with Crippen LogP contribution in [-0.2, 0) is 0 Å². The standard InChI is InChI=1S/C14H9NO3/c16-14(17)10-6-7-11-12(8-10)18-15-13(11)9-4-2-1-3-5-9/h1-8H,(H,16,17). The maximum absolute atomic E-state index is 10.9. The number of nitrogens with zero attached hydrogens (tertiary/aromatic N) is 1. The molecule has 18 heavy (non-hydrogen) atoms. The molecule has 0 atom stereocenters. The van der Waals surface area contributed by atoms with Crippen molar-refractivity contribution < 1.29 is 14.4 Å². The van der Waals surface area contributed by atoms with Gasteiger partial charge in [0.1, 0.15) is 5.69 Å². The van der Waals surface area contributed by atoms with Gasteiger partial charge in [-0.05, 0) is 18.2 Å². The second-order valence-corrected chi connectivity index (χ2v) is 3.91. The first-order chi connectivity index (χ1) is 8.75. The van der Waals surface area contributed by atoms with Gasteiger partial charge in [-0.25, -0.2) is 4.79 Å². The molecule has 0 amide bonds. The second kappa shape index (κ2) is 4.00. The molecule has 0 aliphatic rings. The fourth-order valence-electron chi connectivity index (χ4n) is 1.87. The average Bonchev–Trinajstić information content (AvgIpc) is 2.82. The predicted molar refractivity (Wildman–Crippen MR) is 66.4 cm³/mol. The van der Waals surface area contributed by atoms with Crippen LogP contribution in [0.3, 0.4) is 0 Å². The van der Waals surface area contributed by atoms with E-state index in [1.807, 2.05) is 30.3 Å². The maximum atomic E-state index is 10.9. The Labute approximate surface area is 102 Å². The van der Waals surface area contributed by atoms with E-state index < -0.39 is 5.97 Å². The lowest BCUT2D eigenvalue weighted by atomic mass is 10.1. The molecule has 0 aliphatic carbocycles. The molecule has 0 spiro atoms. The van der Waals surface area contributed by atoms with Gasteiger partial charge in [-0.15, -0.1) is 0 Å². The Morgan fingerprint density at radius 1 is 1.11 bits per heavy atom. The molecule has 2 aromatic carbocycles. The van der Waals surface area contributed by atoms with Crippen molar-refractivity contribution in [2.24, 2.45) is 0 Å². The summed E-state index contributed by atoms with van der Waals surface area (Å²) in [5.74, 6) is -0.977. The van der Waals surface area contributed by atoms with Crippen molar-refractivity contribution >= 4 is 16.9 Å². The lowest BCUT2D eigenvalue weighted by Crippen LogP contribution is -1.94. The highest BCUT2D eigenvalue weighted by Gasteiger charge is 2.12. The molecule has 0 bridgehead atoms. The smallest absolute Gasteiger partial charge is 0.335 e. The summed E-state index contributed by atoms with van der Waals surface area (Å²) < 4.78 is 5.18. The first-order valence-corrected chi connectivity index (χ1v) is 5.44. The highest BCUT2D eigenvalue weighted by molar-refractivity contribution is 5.97. The minimum atomic E-state index is -0.977. The fraction of sp³-hybridized carbons (Fsp3) is 0. The van der Waals surface area contributed by atoms with E-state index >= 15 is 0 Å². The average molecular weight is 239 g/mol. The summed E-state index contributed by atoms with van der Waals surface area (Å²) in [6.45, 7) is 0. The summed E-state index contributed by atoms with van der Waals surface area (Å²) >= 11 is 0. The molecule has 3 rings (SSSR count). The zero-order valence-electron chi connectivity index (χ0n) is 9.33. The van der Waals surface area contributed by atoms with Crippen LogP contribution in [0.25, 0.3) is 22.2 Å². The lowest BCUT2D eigenvalue weighted by molar-refractivity contribution is 0.0697. The van der Waals surface area contributed by atoms with Crippen LogP contribution >= 0.6 is 0 Å². The van der Waals surface area contributed by atoms with Crippen LogP contribution in [0.4, 0.5) is 0 Å². The van der Waals surface area contributed by atoms with Crippen LogP contribution in [0.5, 0.6) is 0 Å². The molecule has 0 fully saturated rings. The van der Waals surface area contributed by atoms with Gasteiger partial charge in [0.05, 0.1) is 5.56 Å². The normalized spacial score (nSPS) is 10.7. The summed E-state index contributed by atoms with van der Waals surface area (Å²) in [7, 11) is 0. The van der Waals surface area contributed by atoms with Gasteiger partial charge in [-0.2, -0.15) is 0 Å². The molecule has 4 nitrogen and oxygen atoms in total. The lowest BCUT2D eigenvalue weighted by Gasteiger charge is -1.96. The van der Waals surface area contributed by atoms with Gasteiger partial charge in [0.2, 0.25) is 0 Å². The van der Waals surface area contributed by atoms with E-state index in [0.29, 0.717) is 5.58 Å². The molecule has 0 saturated carbocycles. The minimum absolute atomic E-state index is 0.193. The summed E-state index contributed by atoms with van der Waals surface area (Å²) in [6, 6.07) is 14.4. The SMILES string of the molecule is O=C(O)c1ccc2c(-c3ccccc3)noc2c1. The van der Waals surface area contributed by atoms with Gasteiger partial charge in [0, 0.05) is 10.9 Å². The number of aromatic nitrogens is 1. The minimum Gasteiger partial charge on any atom is -0.478 e. The molecule has 1 heterocycles. The Balaban J connectivity index is 2.19. The largest absolute Gasteiger partial charge is 0.478 e. The highest BCUT2D eigenvalue weighted by atomic mass is 16.5. The van der Waals surface area contributed by atoms with Crippen LogP contribution in [0.2, 0.25) is 0 Å². The molecule has 1 N–H and O–H groups in total. The Morgan fingerprint density at radius 2 is 1.89 bits per heavy atom. The summed E-state index contributed by atoms with van der Waals surface area (Å²) in [5, 5.41) is 13.7. The summed E-state index contributed by atoms with van der Waals surface area (Å²) in [5.41, 5.74) is 2.34. The highest BCUT2D eigenvalue weighted by Crippen LogP contribution is 2.28. The molecule has 0 radical (unpaired) electrons. The van der Waals surface area contributed by atoms with Crippen LogP contribution in [0.1, 0.15) is 10.4 Å². The molecule has 0 unspecified atom stereocenters. The molecule has 3 aromatic rings. The Morgan fingerprint density at radius 3 is 2.61 bits per heavy atom. The van der Waals surface area contributed by atoms with E-state index in [-0.39, 0.29) is 5.56 Å². The molecule has 0 saturated heterocycles. The summed E-state index contributed by atoms with van der Waals surface area (Å²) in [4.78, 5) is 10.9. The van der Waals surface area contributed by atoms with Gasteiger partial charge in [0.25, 0.3) is 0 Å². The topological polar surface area (TPSA) is 63.3 Å². The van der Waals surface area contributed by atoms with Gasteiger partial charge in [-0.3, -0.25) is 0 Å². The van der Waals surface area contributed by atoms with E-state index in [1.165, 1.54) is 6.07 Å². The molecule has 88 valence electrons. The quantitative estimate of drug-likeness (QED) is 0.745. The number of aromatic carboxylic acids is 1. The van der Waals surface area contributed by atoms with Crippen LogP contribution in [0, 0.1) is 0 Å². The van der Waals surface area contributed by atoms with Crippen LogP contribution in [-0.4, -0.2) is 16.2 Å². The third-order valence-electron chi connectivity index (χ3n) is 2.77. The molecule has 0 aliphatic heterocycles. The Bertz CT molecular complexity index is 716. The van der Waals surface area contributed by atoms with E-state index in [4.69, 9.17) is 9.63 Å². The van der Waals surface area contributed by atoms with Gasteiger partial charge >= 0.3 is 5.97 Å². The van der Waals surface area contributed by atoms with Crippen molar-refractivity contribution in [1.82, 2.24) is 5.16 Å². The Hall–Kier alpha value is -2.62. The number of carboxylic acid groups (broad SMARTS) is 1. The number of carboxylic acids is 1. The van der Waals surface area contributed by atoms with Crippen molar-refractivity contribution in [3.8, 4) is 11.3 Å². The van der Waals surface area contributed by atoms with Crippen molar-refractivity contribution in [1.29, 1.82) is 0 Å². The number of fused-ring (bicyclic) bond motifs is 1. The van der Waals surface area contributed by atoms with Crippen molar-refractivity contribution in [2.75, 3.05) is 0 Å². The first-order valence-electron chi connectivity index (χ1n) is 5.44. The van der Waals surface area contributed by atoms with E-state index in [1.54, 1.807) is 12.1 Å². The fourth-order valence-corrected chi connectivity index (χ4v) is 1.87. The van der Waals surface area contributed by atoms with Crippen LogP contribution < -0.4 is 0 Å². The second-order valence-electron chi connectivity index (χ2n) is 3.91. The van der Waals surface area contributed by atoms with Gasteiger partial charge < -0.3 is 9.63 Å². The first kappa shape index (κ1) is 10.5. The number of hydrogen-bond donors (Lipinski definition) is 1. The van der Waals surface area contributed by atoms with Gasteiger partial charge in [0.15, 0.2) is 5.58 Å². The van der Waals surface area contributed by atoms with E-state index in [0.717, 1.165) is 16.6 Å². The zero-order chi connectivity index (χ0) is 12.5. The van der Waals surface area contributed by atoms with E-state index in [9.17, 15) is 4.79 Å². The predicted octanol–water partition coefficient (Wildman–Crippen LogP) is 3.19. The van der Waals surface area contributed by atoms with Crippen molar-refractivity contribution in [2.45, 2.75) is 0 Å².